The van der Waals surface area contributed by atoms with Crippen molar-refractivity contribution in [2.45, 2.75) is 31.4 Å². The number of benzene rings is 1. The Hall–Kier alpha value is -2.18. The number of amides is 1. The second kappa shape index (κ2) is 9.75. The van der Waals surface area contributed by atoms with Crippen LogP contribution in [0, 0.1) is 5.82 Å². The molecule has 1 aromatic heterocycles. The fraction of sp³-hybridized carbons (Fsp3) is 0.278. The van der Waals surface area contributed by atoms with E-state index in [4.69, 9.17) is 12.2 Å². The summed E-state index contributed by atoms with van der Waals surface area (Å²) in [7, 11) is 0. The van der Waals surface area contributed by atoms with Crippen molar-refractivity contribution in [2.24, 2.45) is 0 Å². The number of hydrogen-bond donors (Lipinski definition) is 2. The van der Waals surface area contributed by atoms with Crippen molar-refractivity contribution in [1.29, 1.82) is 0 Å². The molecule has 0 aliphatic rings. The first-order valence-corrected chi connectivity index (χ1v) is 9.54. The highest BCUT2D eigenvalue weighted by atomic mass is 79.9. The minimum Gasteiger partial charge on any atom is -0.381 e. The van der Waals surface area contributed by atoms with Gasteiger partial charge in [0.1, 0.15) is 4.60 Å². The van der Waals surface area contributed by atoms with Crippen LogP contribution in [0.3, 0.4) is 0 Å². The lowest BCUT2D eigenvalue weighted by Gasteiger charge is -2.34. The first-order chi connectivity index (χ1) is 13.9. The van der Waals surface area contributed by atoms with Crippen LogP contribution >= 0.6 is 28.1 Å². The highest BCUT2D eigenvalue weighted by molar-refractivity contribution is 9.10. The maximum atomic E-state index is 14.5. The molecule has 0 spiro atoms. The van der Waals surface area contributed by atoms with Crippen molar-refractivity contribution in [2.75, 3.05) is 4.90 Å². The molecule has 1 amide bonds. The number of nitrogens with one attached hydrogen (secondary N) is 1. The number of aliphatic hydroxyl groups is 1. The number of anilines is 1. The van der Waals surface area contributed by atoms with Crippen molar-refractivity contribution < 1.29 is 31.9 Å². The van der Waals surface area contributed by atoms with Gasteiger partial charge < -0.3 is 5.11 Å². The Morgan fingerprint density at radius 2 is 1.83 bits per heavy atom. The van der Waals surface area contributed by atoms with Gasteiger partial charge in [-0.3, -0.25) is 15.0 Å². The number of pyridine rings is 1. The maximum Gasteiger partial charge on any atom is 0.417 e. The molecular weight excluding hydrogens is 497 g/mol. The van der Waals surface area contributed by atoms with E-state index in [-0.39, 0.29) is 10.2 Å². The summed E-state index contributed by atoms with van der Waals surface area (Å²) in [5.41, 5.74) is 0.155. The summed E-state index contributed by atoms with van der Waals surface area (Å²) in [5, 5.41) is 10.9. The number of rotatable bonds is 5. The molecule has 1 heterocycles. The molecule has 0 radical (unpaired) electrons. The fourth-order valence-electron chi connectivity index (χ4n) is 2.46. The number of thiocarbonyl (C=S) groups is 1. The van der Waals surface area contributed by atoms with E-state index >= 15 is 0 Å². The molecule has 1 unspecified atom stereocenters. The van der Waals surface area contributed by atoms with Crippen LogP contribution in [-0.4, -0.2) is 45.6 Å². The zero-order valence-corrected chi connectivity index (χ0v) is 17.6. The summed E-state index contributed by atoms with van der Waals surface area (Å²) < 4.78 is 67.4. The molecule has 5 nitrogen and oxygen atoms in total. The quantitative estimate of drug-likeness (QED) is 0.358. The molecule has 2 aromatic rings. The molecular formula is C18H15BrF5N3O2S. The number of aliphatic hydroxyl groups excluding tert-OH is 1. The first-order valence-electron chi connectivity index (χ1n) is 8.34. The summed E-state index contributed by atoms with van der Waals surface area (Å²) in [6.07, 6.45) is -11.6. The molecule has 0 bridgehead atoms. The summed E-state index contributed by atoms with van der Waals surface area (Å²) >= 11 is 8.04. The van der Waals surface area contributed by atoms with Crippen LogP contribution in [0.25, 0.3) is 0 Å². The van der Waals surface area contributed by atoms with E-state index < -0.39 is 47.1 Å². The number of carbonyl (C=O) groups is 1. The molecule has 0 saturated carbocycles. The minimum atomic E-state index is -5.27. The van der Waals surface area contributed by atoms with Gasteiger partial charge in [0.15, 0.2) is 29.0 Å². The normalized spacial score (nSPS) is 14.5. The third-order valence-electron chi connectivity index (χ3n) is 4.00. The lowest BCUT2D eigenvalue weighted by molar-refractivity contribution is -0.222. The van der Waals surface area contributed by atoms with Gasteiger partial charge in [0, 0.05) is 5.56 Å². The smallest absolute Gasteiger partial charge is 0.381 e. The summed E-state index contributed by atoms with van der Waals surface area (Å²) in [5.74, 6) is -2.41. The Labute approximate surface area is 182 Å². The van der Waals surface area contributed by atoms with Crippen LogP contribution < -0.4 is 10.2 Å². The van der Waals surface area contributed by atoms with E-state index in [2.05, 4.69) is 26.2 Å². The van der Waals surface area contributed by atoms with Gasteiger partial charge in [-0.2, -0.15) is 13.2 Å². The molecule has 2 N–H and O–H groups in total. The molecule has 162 valence electrons. The number of alkyl halides is 4. The Kier molecular flexibility index (Phi) is 7.83. The van der Waals surface area contributed by atoms with Crippen molar-refractivity contribution >= 4 is 45.0 Å². The number of halogens is 6. The van der Waals surface area contributed by atoms with Crippen LogP contribution in [0.5, 0.6) is 0 Å². The van der Waals surface area contributed by atoms with Crippen molar-refractivity contribution in [3.63, 3.8) is 0 Å². The zero-order chi connectivity index (χ0) is 22.6. The molecule has 30 heavy (non-hydrogen) atoms. The Morgan fingerprint density at radius 3 is 2.40 bits per heavy atom. The lowest BCUT2D eigenvalue weighted by atomic mass is 10.1. The molecule has 0 saturated heterocycles. The highest BCUT2D eigenvalue weighted by Crippen LogP contribution is 2.30. The Morgan fingerprint density at radius 1 is 1.23 bits per heavy atom. The standard InChI is InChI=1S/C18H15BrF5N3O2S/c1-9(13(21)14(28)18(22,23)24)27(15-11(20)7-8-12(19)25-15)17(30)26-16(29)10-5-3-2-4-6-10/h2-9,13-14,28H,1H3,(H,26,29,30)/t9?,13-,14+/m1/s1. The van der Waals surface area contributed by atoms with Gasteiger partial charge in [0.2, 0.25) is 0 Å². The van der Waals surface area contributed by atoms with Gasteiger partial charge in [-0.1, -0.05) is 18.2 Å². The fourth-order valence-corrected chi connectivity index (χ4v) is 3.10. The first kappa shape index (κ1) is 24.1. The minimum absolute atomic E-state index is 0.0834. The van der Waals surface area contributed by atoms with E-state index in [1.54, 1.807) is 18.2 Å². The molecule has 3 atom stereocenters. The van der Waals surface area contributed by atoms with Gasteiger partial charge in [-0.05, 0) is 59.3 Å². The molecule has 0 aliphatic carbocycles. The van der Waals surface area contributed by atoms with E-state index in [1.807, 2.05) is 0 Å². The number of nitrogens with zero attached hydrogens (tertiary/aromatic N) is 2. The third kappa shape index (κ3) is 5.70. The molecule has 2 rings (SSSR count). The Bertz CT molecular complexity index is 916. The molecule has 0 aliphatic heterocycles. The Balaban J connectivity index is 2.42. The second-order valence-corrected chi connectivity index (χ2v) is 7.31. The molecule has 0 fully saturated rings. The van der Waals surface area contributed by atoms with Crippen molar-refractivity contribution in [3.8, 4) is 0 Å². The lowest BCUT2D eigenvalue weighted by Crippen LogP contribution is -2.55. The van der Waals surface area contributed by atoms with Gasteiger partial charge >= 0.3 is 6.18 Å². The van der Waals surface area contributed by atoms with Crippen molar-refractivity contribution in [3.05, 3.63) is 58.4 Å². The summed E-state index contributed by atoms with van der Waals surface area (Å²) in [6, 6.07) is 7.95. The van der Waals surface area contributed by atoms with Gasteiger partial charge in [-0.15, -0.1) is 0 Å². The van der Waals surface area contributed by atoms with E-state index in [9.17, 15) is 31.9 Å². The average molecular weight is 512 g/mol. The SMILES string of the molecule is CC([C@@H](F)[C@H](O)C(F)(F)F)N(C(=S)NC(=O)c1ccccc1)c1nc(Br)ccc1F. The van der Waals surface area contributed by atoms with Crippen LogP contribution in [-0.2, 0) is 0 Å². The van der Waals surface area contributed by atoms with Gasteiger partial charge in [0.25, 0.3) is 5.91 Å². The predicted octanol–water partition coefficient (Wildman–Crippen LogP) is 4.15. The number of hydrogen-bond acceptors (Lipinski definition) is 4. The number of carbonyl (C=O) groups excluding carboxylic acids is 1. The summed E-state index contributed by atoms with van der Waals surface area (Å²) in [6.45, 7) is 0.947. The third-order valence-corrected chi connectivity index (χ3v) is 4.74. The predicted molar refractivity (Wildman–Crippen MR) is 107 cm³/mol. The largest absolute Gasteiger partial charge is 0.417 e. The van der Waals surface area contributed by atoms with E-state index in [0.717, 1.165) is 13.0 Å². The van der Waals surface area contributed by atoms with Crippen LogP contribution in [0.1, 0.15) is 17.3 Å². The average Bonchev–Trinajstić information content (AvgIpc) is 2.69. The monoisotopic (exact) mass is 511 g/mol. The van der Waals surface area contributed by atoms with Gasteiger partial charge in [-0.25, -0.2) is 13.8 Å². The van der Waals surface area contributed by atoms with Gasteiger partial charge in [0.05, 0.1) is 6.04 Å². The van der Waals surface area contributed by atoms with Crippen molar-refractivity contribution in [1.82, 2.24) is 10.3 Å². The van der Waals surface area contributed by atoms with Crippen LogP contribution in [0.2, 0.25) is 0 Å². The summed E-state index contributed by atoms with van der Waals surface area (Å²) in [4.78, 5) is 16.7. The second-order valence-electron chi connectivity index (χ2n) is 6.11. The zero-order valence-electron chi connectivity index (χ0n) is 15.2. The topological polar surface area (TPSA) is 65.5 Å². The molecule has 1 aromatic carbocycles. The van der Waals surface area contributed by atoms with Crippen LogP contribution in [0.15, 0.2) is 47.1 Å². The maximum absolute atomic E-state index is 14.5. The van der Waals surface area contributed by atoms with E-state index in [0.29, 0.717) is 4.90 Å². The van der Waals surface area contributed by atoms with E-state index in [1.165, 1.54) is 18.2 Å². The molecule has 12 heteroatoms. The number of aromatic nitrogens is 1. The van der Waals surface area contributed by atoms with Crippen LogP contribution in [0.4, 0.5) is 27.8 Å². The highest BCUT2D eigenvalue weighted by Gasteiger charge is 2.48.